The highest BCUT2D eigenvalue weighted by Crippen LogP contribution is 2.20. The summed E-state index contributed by atoms with van der Waals surface area (Å²) in [4.78, 5) is 17.6. The zero-order valence-corrected chi connectivity index (χ0v) is 17.0. The third-order valence-electron chi connectivity index (χ3n) is 6.04. The number of piperidine rings is 1. The minimum Gasteiger partial charge on any atom is -0.336 e. The molecule has 0 aliphatic carbocycles. The Bertz CT molecular complexity index is 577. The fourth-order valence-electron chi connectivity index (χ4n) is 4.26. The van der Waals surface area contributed by atoms with Crippen molar-refractivity contribution in [3.8, 4) is 0 Å². The van der Waals surface area contributed by atoms with Crippen molar-refractivity contribution < 1.29 is 4.79 Å². The topological polar surface area (TPSA) is 47.6 Å². The molecular weight excluding hydrogens is 336 g/mol. The van der Waals surface area contributed by atoms with Crippen LogP contribution in [0.2, 0.25) is 0 Å². The van der Waals surface area contributed by atoms with Crippen LogP contribution in [-0.4, -0.2) is 60.6 Å². The maximum atomic E-state index is 12.7. The summed E-state index contributed by atoms with van der Waals surface area (Å²) in [6.07, 6.45) is 6.38. The quantitative estimate of drug-likeness (QED) is 0.771. The Balaban J connectivity index is 1.55. The predicted molar refractivity (Wildman–Crippen MR) is 111 cm³/mol. The van der Waals surface area contributed by atoms with Crippen LogP contribution in [0.3, 0.4) is 0 Å². The van der Waals surface area contributed by atoms with E-state index in [-0.39, 0.29) is 17.6 Å². The number of benzene rings is 1. The van der Waals surface area contributed by atoms with Crippen LogP contribution in [0.15, 0.2) is 30.3 Å². The number of likely N-dealkylation sites (tertiary alicyclic amines) is 2. The number of carbonyl (C=O) groups excluding carboxylic acids is 1. The van der Waals surface area contributed by atoms with E-state index in [1.807, 2.05) is 18.2 Å². The van der Waals surface area contributed by atoms with Gasteiger partial charge in [0.2, 0.25) is 0 Å². The van der Waals surface area contributed by atoms with Crippen molar-refractivity contribution in [3.63, 3.8) is 0 Å². The van der Waals surface area contributed by atoms with Crippen LogP contribution in [0.25, 0.3) is 0 Å². The molecule has 1 unspecified atom stereocenters. The van der Waals surface area contributed by atoms with E-state index < -0.39 is 0 Å². The van der Waals surface area contributed by atoms with E-state index in [1.165, 1.54) is 37.7 Å². The molecule has 2 aliphatic heterocycles. The number of hydrogen-bond donors (Lipinski definition) is 2. The standard InChI is InChI=1S/C22H36N4O/c1-22(2,26-15-7-4-8-16-26)18-23-21(27)24-20(17-25-13-9-10-14-25)19-11-5-3-6-12-19/h3,5-6,11-12,20H,4,7-10,13-18H2,1-2H3,(H2,23,24,27). The molecule has 1 aromatic rings. The van der Waals surface area contributed by atoms with Gasteiger partial charge in [-0.25, -0.2) is 4.79 Å². The molecule has 5 heteroatoms. The molecule has 0 saturated carbocycles. The molecule has 2 saturated heterocycles. The fraction of sp³-hybridized carbons (Fsp3) is 0.682. The molecule has 2 N–H and O–H groups in total. The molecule has 2 heterocycles. The summed E-state index contributed by atoms with van der Waals surface area (Å²) in [5.41, 5.74) is 1.17. The molecule has 0 spiro atoms. The van der Waals surface area contributed by atoms with E-state index in [9.17, 15) is 4.79 Å². The SMILES string of the molecule is CC(C)(CNC(=O)NC(CN1CCCC1)c1ccccc1)N1CCCCC1. The predicted octanol–water partition coefficient (Wildman–Crippen LogP) is 3.39. The zero-order chi connectivity index (χ0) is 19.1. The first-order chi connectivity index (χ1) is 13.0. The van der Waals surface area contributed by atoms with Gasteiger partial charge in [-0.2, -0.15) is 0 Å². The lowest BCUT2D eigenvalue weighted by Gasteiger charge is -2.41. The van der Waals surface area contributed by atoms with E-state index in [4.69, 9.17) is 0 Å². The molecule has 150 valence electrons. The molecule has 2 amide bonds. The molecule has 0 radical (unpaired) electrons. The summed E-state index contributed by atoms with van der Waals surface area (Å²) < 4.78 is 0. The van der Waals surface area contributed by atoms with Gasteiger partial charge in [-0.3, -0.25) is 4.90 Å². The maximum Gasteiger partial charge on any atom is 0.315 e. The Morgan fingerprint density at radius 2 is 1.63 bits per heavy atom. The van der Waals surface area contributed by atoms with Crippen LogP contribution in [0, 0.1) is 0 Å². The average Bonchev–Trinajstić information content (AvgIpc) is 3.20. The van der Waals surface area contributed by atoms with Gasteiger partial charge in [0.15, 0.2) is 0 Å². The molecule has 5 nitrogen and oxygen atoms in total. The van der Waals surface area contributed by atoms with Crippen LogP contribution >= 0.6 is 0 Å². The first-order valence-electron chi connectivity index (χ1n) is 10.6. The zero-order valence-electron chi connectivity index (χ0n) is 17.0. The van der Waals surface area contributed by atoms with Crippen LogP contribution in [0.4, 0.5) is 4.79 Å². The Labute approximate surface area is 164 Å². The second-order valence-electron chi connectivity index (χ2n) is 8.66. The van der Waals surface area contributed by atoms with Crippen LogP contribution in [0.5, 0.6) is 0 Å². The van der Waals surface area contributed by atoms with E-state index >= 15 is 0 Å². The van der Waals surface area contributed by atoms with E-state index in [0.29, 0.717) is 6.54 Å². The van der Waals surface area contributed by atoms with Crippen molar-refractivity contribution in [2.75, 3.05) is 39.3 Å². The number of urea groups is 1. The normalized spacial score (nSPS) is 20.4. The van der Waals surface area contributed by atoms with Gasteiger partial charge >= 0.3 is 6.03 Å². The van der Waals surface area contributed by atoms with Gasteiger partial charge in [0, 0.05) is 18.6 Å². The lowest BCUT2D eigenvalue weighted by atomic mass is 9.98. The fourth-order valence-corrected chi connectivity index (χ4v) is 4.26. The van der Waals surface area contributed by atoms with Crippen molar-refractivity contribution in [1.29, 1.82) is 0 Å². The lowest BCUT2D eigenvalue weighted by molar-refractivity contribution is 0.0958. The lowest BCUT2D eigenvalue weighted by Crippen LogP contribution is -2.55. The Kier molecular flexibility index (Phi) is 7.13. The molecule has 27 heavy (non-hydrogen) atoms. The Morgan fingerprint density at radius 3 is 2.30 bits per heavy atom. The summed E-state index contributed by atoms with van der Waals surface area (Å²) in [5, 5.41) is 6.36. The number of nitrogens with zero attached hydrogens (tertiary/aromatic N) is 2. The highest BCUT2D eigenvalue weighted by Gasteiger charge is 2.28. The third-order valence-corrected chi connectivity index (χ3v) is 6.04. The highest BCUT2D eigenvalue weighted by atomic mass is 16.2. The highest BCUT2D eigenvalue weighted by molar-refractivity contribution is 5.74. The van der Waals surface area contributed by atoms with Gasteiger partial charge in [-0.15, -0.1) is 0 Å². The second-order valence-corrected chi connectivity index (χ2v) is 8.66. The van der Waals surface area contributed by atoms with E-state index in [1.54, 1.807) is 0 Å². The van der Waals surface area contributed by atoms with E-state index in [2.05, 4.69) is 46.4 Å². The van der Waals surface area contributed by atoms with Crippen LogP contribution in [0.1, 0.15) is 57.6 Å². The first kappa shape index (κ1) is 20.2. The number of rotatable bonds is 7. The summed E-state index contributed by atoms with van der Waals surface area (Å²) in [5.74, 6) is 0. The summed E-state index contributed by atoms with van der Waals surface area (Å²) in [6, 6.07) is 10.3. The maximum absolute atomic E-state index is 12.7. The average molecular weight is 373 g/mol. The van der Waals surface area contributed by atoms with Crippen molar-refractivity contribution in [2.24, 2.45) is 0 Å². The minimum absolute atomic E-state index is 0.00500. The molecule has 1 aromatic carbocycles. The van der Waals surface area contributed by atoms with Crippen LogP contribution < -0.4 is 10.6 Å². The van der Waals surface area contributed by atoms with Gasteiger partial charge in [0.1, 0.15) is 0 Å². The molecule has 2 fully saturated rings. The molecule has 2 aliphatic rings. The summed E-state index contributed by atoms with van der Waals surface area (Å²) in [6.45, 7) is 10.6. The second kappa shape index (κ2) is 9.56. The summed E-state index contributed by atoms with van der Waals surface area (Å²) in [7, 11) is 0. The number of carbonyl (C=O) groups is 1. The molecular formula is C22H36N4O. The minimum atomic E-state index is -0.0619. The first-order valence-corrected chi connectivity index (χ1v) is 10.6. The monoisotopic (exact) mass is 372 g/mol. The van der Waals surface area contributed by atoms with Crippen molar-refractivity contribution in [2.45, 2.75) is 57.5 Å². The smallest absolute Gasteiger partial charge is 0.315 e. The largest absolute Gasteiger partial charge is 0.336 e. The summed E-state index contributed by atoms with van der Waals surface area (Å²) >= 11 is 0. The van der Waals surface area contributed by atoms with Crippen molar-refractivity contribution in [1.82, 2.24) is 20.4 Å². The van der Waals surface area contributed by atoms with Crippen molar-refractivity contribution in [3.05, 3.63) is 35.9 Å². The van der Waals surface area contributed by atoms with Gasteiger partial charge in [0.25, 0.3) is 0 Å². The molecule has 1 atom stereocenters. The molecule has 0 aromatic heterocycles. The number of nitrogens with one attached hydrogen (secondary N) is 2. The Morgan fingerprint density at radius 1 is 1.00 bits per heavy atom. The van der Waals surface area contributed by atoms with Gasteiger partial charge in [-0.1, -0.05) is 36.8 Å². The van der Waals surface area contributed by atoms with Gasteiger partial charge in [-0.05, 0) is 71.3 Å². The van der Waals surface area contributed by atoms with E-state index in [0.717, 1.165) is 32.7 Å². The van der Waals surface area contributed by atoms with Gasteiger partial charge < -0.3 is 15.5 Å². The molecule has 3 rings (SSSR count). The van der Waals surface area contributed by atoms with Crippen molar-refractivity contribution >= 4 is 6.03 Å². The number of hydrogen-bond acceptors (Lipinski definition) is 3. The van der Waals surface area contributed by atoms with Crippen LogP contribution in [-0.2, 0) is 0 Å². The van der Waals surface area contributed by atoms with Gasteiger partial charge in [0.05, 0.1) is 6.04 Å². The Hall–Kier alpha value is -1.59. The molecule has 0 bridgehead atoms. The number of amides is 2. The third kappa shape index (κ3) is 5.94.